The van der Waals surface area contributed by atoms with Crippen LogP contribution in [-0.4, -0.2) is 74.9 Å². The van der Waals surface area contributed by atoms with E-state index in [1.807, 2.05) is 21.1 Å². The van der Waals surface area contributed by atoms with Crippen molar-refractivity contribution in [1.82, 2.24) is 0 Å². The van der Waals surface area contributed by atoms with Gasteiger partial charge < -0.3 is 18.9 Å². The van der Waals surface area contributed by atoms with E-state index in [1.165, 1.54) is 70.6 Å². The smallest absolute Gasteiger partial charge is 0.462 e. The number of allylic oxidation sites excluding steroid dienone is 6. The molecule has 0 aromatic carbocycles. The summed E-state index contributed by atoms with van der Waals surface area (Å²) in [6.07, 6.45) is 40.4. The van der Waals surface area contributed by atoms with Crippen molar-refractivity contribution in [3.63, 3.8) is 0 Å². The second-order valence-corrected chi connectivity index (χ2v) is 17.2. The van der Waals surface area contributed by atoms with Crippen LogP contribution in [0.5, 0.6) is 0 Å². The summed E-state index contributed by atoms with van der Waals surface area (Å²) in [5.41, 5.74) is 0. The number of phosphoric acid groups is 1. The molecule has 0 bridgehead atoms. The Kier molecular flexibility index (Phi) is 35.6. The maximum absolute atomic E-state index is 12.7. The molecule has 2 unspecified atom stereocenters. The summed E-state index contributed by atoms with van der Waals surface area (Å²) < 4.78 is 34.3. The summed E-state index contributed by atoms with van der Waals surface area (Å²) in [5, 5.41) is 0. The summed E-state index contributed by atoms with van der Waals surface area (Å²) in [4.78, 5) is 35.3. The van der Waals surface area contributed by atoms with Crippen LogP contribution < -0.4 is 0 Å². The predicted molar refractivity (Wildman–Crippen MR) is 224 cm³/mol. The fraction of sp³-hybridized carbons (Fsp3) is 0.818. The molecule has 0 saturated heterocycles. The van der Waals surface area contributed by atoms with Crippen LogP contribution in [-0.2, 0) is 32.7 Å². The molecular formula is C44H83NO8P+. The van der Waals surface area contributed by atoms with Crippen molar-refractivity contribution < 1.29 is 42.1 Å². The highest BCUT2D eigenvalue weighted by Gasteiger charge is 2.27. The number of rotatable bonds is 39. The molecule has 0 aliphatic heterocycles. The second-order valence-electron chi connectivity index (χ2n) is 15.7. The molecular weight excluding hydrogens is 701 g/mol. The predicted octanol–water partition coefficient (Wildman–Crippen LogP) is 12.1. The topological polar surface area (TPSA) is 108 Å². The van der Waals surface area contributed by atoms with Crippen LogP contribution in [0.1, 0.15) is 181 Å². The number of unbranched alkanes of at least 4 members (excludes halogenated alkanes) is 19. The zero-order chi connectivity index (χ0) is 40.0. The monoisotopic (exact) mass is 785 g/mol. The average Bonchev–Trinajstić information content (AvgIpc) is 3.12. The third kappa shape index (κ3) is 39.9. The van der Waals surface area contributed by atoms with Crippen LogP contribution in [0.4, 0.5) is 0 Å². The lowest BCUT2D eigenvalue weighted by Gasteiger charge is -2.24. The van der Waals surface area contributed by atoms with E-state index in [2.05, 4.69) is 50.3 Å². The SMILES string of the molecule is CCCCCC/C=C\C/C=C\CCCCCCCC(=O)OC(COC(=O)CCCCCCC/C=C\CCCCCCC)COP(=O)(O)OCC[N+](C)(C)C. The number of hydrogen-bond acceptors (Lipinski definition) is 7. The maximum atomic E-state index is 12.7. The quantitative estimate of drug-likeness (QED) is 0.0216. The number of quaternary nitrogens is 1. The van der Waals surface area contributed by atoms with Crippen molar-refractivity contribution in [3.8, 4) is 0 Å². The molecule has 0 radical (unpaired) electrons. The van der Waals surface area contributed by atoms with Crippen LogP contribution in [0.3, 0.4) is 0 Å². The Labute approximate surface area is 331 Å². The lowest BCUT2D eigenvalue weighted by atomic mass is 10.1. The molecule has 9 nitrogen and oxygen atoms in total. The Morgan fingerprint density at radius 2 is 1.00 bits per heavy atom. The van der Waals surface area contributed by atoms with Gasteiger partial charge in [0.05, 0.1) is 27.7 Å². The number of ether oxygens (including phenoxy) is 2. The van der Waals surface area contributed by atoms with Crippen molar-refractivity contribution in [2.45, 2.75) is 187 Å². The number of esters is 2. The van der Waals surface area contributed by atoms with Crippen molar-refractivity contribution in [2.75, 3.05) is 47.5 Å². The molecule has 0 aliphatic carbocycles. The normalized spacial score (nSPS) is 14.0. The van der Waals surface area contributed by atoms with Crippen molar-refractivity contribution in [2.24, 2.45) is 0 Å². The van der Waals surface area contributed by atoms with Crippen molar-refractivity contribution in [1.29, 1.82) is 0 Å². The zero-order valence-electron chi connectivity index (χ0n) is 35.5. The highest BCUT2D eigenvalue weighted by atomic mass is 31.2. The Morgan fingerprint density at radius 1 is 0.574 bits per heavy atom. The number of phosphoric ester groups is 1. The van der Waals surface area contributed by atoms with Gasteiger partial charge in [-0.2, -0.15) is 0 Å². The van der Waals surface area contributed by atoms with E-state index < -0.39 is 26.5 Å². The molecule has 0 spiro atoms. The molecule has 0 amide bonds. The Balaban J connectivity index is 4.41. The van der Waals surface area contributed by atoms with Crippen LogP contribution >= 0.6 is 7.82 Å². The van der Waals surface area contributed by atoms with Crippen LogP contribution in [0, 0.1) is 0 Å². The van der Waals surface area contributed by atoms with Crippen LogP contribution in [0.25, 0.3) is 0 Å². The minimum absolute atomic E-state index is 0.0273. The zero-order valence-corrected chi connectivity index (χ0v) is 36.3. The molecule has 316 valence electrons. The summed E-state index contributed by atoms with van der Waals surface area (Å²) >= 11 is 0. The molecule has 0 aromatic rings. The Bertz CT molecular complexity index is 1020. The minimum atomic E-state index is -4.38. The highest BCUT2D eigenvalue weighted by molar-refractivity contribution is 7.47. The van der Waals surface area contributed by atoms with Crippen molar-refractivity contribution >= 4 is 19.8 Å². The third-order valence-electron chi connectivity index (χ3n) is 9.14. The minimum Gasteiger partial charge on any atom is -0.462 e. The summed E-state index contributed by atoms with van der Waals surface area (Å²) in [7, 11) is 1.46. The van der Waals surface area contributed by atoms with Crippen LogP contribution in [0.15, 0.2) is 36.5 Å². The first kappa shape index (κ1) is 52.2. The van der Waals surface area contributed by atoms with Gasteiger partial charge in [-0.3, -0.25) is 18.6 Å². The van der Waals surface area contributed by atoms with Gasteiger partial charge in [-0.05, 0) is 70.6 Å². The van der Waals surface area contributed by atoms with E-state index in [0.29, 0.717) is 17.4 Å². The van der Waals surface area contributed by atoms with Gasteiger partial charge in [-0.1, -0.05) is 134 Å². The molecule has 0 aliphatic rings. The average molecular weight is 785 g/mol. The molecule has 10 heteroatoms. The molecule has 2 atom stereocenters. The lowest BCUT2D eigenvalue weighted by Crippen LogP contribution is -2.37. The second kappa shape index (κ2) is 36.8. The summed E-state index contributed by atoms with van der Waals surface area (Å²) in [6.45, 7) is 4.37. The molecule has 54 heavy (non-hydrogen) atoms. The first-order chi connectivity index (χ1) is 26.0. The van der Waals surface area contributed by atoms with Gasteiger partial charge in [-0.25, -0.2) is 4.57 Å². The fourth-order valence-electron chi connectivity index (χ4n) is 5.68. The van der Waals surface area contributed by atoms with Gasteiger partial charge >= 0.3 is 19.8 Å². The lowest BCUT2D eigenvalue weighted by molar-refractivity contribution is -0.870. The molecule has 0 saturated carbocycles. The Morgan fingerprint density at radius 3 is 1.50 bits per heavy atom. The van der Waals surface area contributed by atoms with E-state index in [-0.39, 0.29) is 32.0 Å². The standard InChI is InChI=1S/C44H82NO8P/c1-6-8-10-12-14-16-18-20-22-23-25-27-29-31-33-35-37-44(47)53-42(41-52-54(48,49)51-39-38-45(3,4)5)40-50-43(46)36-34-32-30-28-26-24-21-19-17-15-13-11-9-7-2/h16,18-19,21-23,42H,6-15,17,20,24-41H2,1-5H3/p+1/b18-16-,21-19-,23-22-. The number of carbonyl (C=O) groups excluding carboxylic acids is 2. The fourth-order valence-corrected chi connectivity index (χ4v) is 6.43. The van der Waals surface area contributed by atoms with Gasteiger partial charge in [0.25, 0.3) is 0 Å². The first-order valence-electron chi connectivity index (χ1n) is 21.7. The number of nitrogens with zero attached hydrogens (tertiary/aromatic N) is 1. The molecule has 1 N–H and O–H groups in total. The molecule has 0 aromatic heterocycles. The van der Waals surface area contributed by atoms with Gasteiger partial charge in [0.15, 0.2) is 6.10 Å². The van der Waals surface area contributed by atoms with E-state index in [1.54, 1.807) is 0 Å². The van der Waals surface area contributed by atoms with Gasteiger partial charge in [0.2, 0.25) is 0 Å². The number of likely N-dealkylation sites (N-methyl/N-ethyl adjacent to an activating group) is 1. The Hall–Kier alpha value is -1.77. The van der Waals surface area contributed by atoms with Crippen molar-refractivity contribution in [3.05, 3.63) is 36.5 Å². The maximum Gasteiger partial charge on any atom is 0.472 e. The van der Waals surface area contributed by atoms with Gasteiger partial charge in [0, 0.05) is 12.8 Å². The molecule has 0 fully saturated rings. The highest BCUT2D eigenvalue weighted by Crippen LogP contribution is 2.43. The third-order valence-corrected chi connectivity index (χ3v) is 10.1. The molecule has 0 heterocycles. The number of hydrogen-bond donors (Lipinski definition) is 1. The molecule has 0 rings (SSSR count). The van der Waals surface area contributed by atoms with Gasteiger partial charge in [0.1, 0.15) is 19.8 Å². The van der Waals surface area contributed by atoms with E-state index in [4.69, 9.17) is 18.5 Å². The largest absolute Gasteiger partial charge is 0.472 e. The summed E-state index contributed by atoms with van der Waals surface area (Å²) in [6, 6.07) is 0. The van der Waals surface area contributed by atoms with Gasteiger partial charge in [-0.15, -0.1) is 0 Å². The number of carbonyl (C=O) groups is 2. The first-order valence-corrected chi connectivity index (χ1v) is 23.2. The van der Waals surface area contributed by atoms with Crippen LogP contribution in [0.2, 0.25) is 0 Å². The van der Waals surface area contributed by atoms with E-state index in [0.717, 1.165) is 77.0 Å². The summed E-state index contributed by atoms with van der Waals surface area (Å²) in [5.74, 6) is -0.824. The van der Waals surface area contributed by atoms with E-state index in [9.17, 15) is 19.0 Å². The van der Waals surface area contributed by atoms with E-state index >= 15 is 0 Å².